The Morgan fingerprint density at radius 2 is 0.750 bits per heavy atom. The number of benzene rings is 11. The van der Waals surface area contributed by atoms with E-state index in [2.05, 4.69) is 275 Å². The molecule has 1 aliphatic rings. The Morgan fingerprint density at radius 3 is 1.32 bits per heavy atom. The van der Waals surface area contributed by atoms with Crippen LogP contribution in [0.25, 0.3) is 76.9 Å². The number of rotatable bonds is 7. The normalized spacial score (nSPS) is 12.8. The zero-order valence-corrected chi connectivity index (χ0v) is 37.2. The van der Waals surface area contributed by atoms with Crippen LogP contribution < -0.4 is 4.90 Å². The molecule has 2 heterocycles. The lowest BCUT2D eigenvalue weighted by Gasteiger charge is -2.34. The van der Waals surface area contributed by atoms with E-state index in [0.29, 0.717) is 0 Å². The highest BCUT2D eigenvalue weighted by Gasteiger charge is 2.45. The maximum atomic E-state index is 2.46. The summed E-state index contributed by atoms with van der Waals surface area (Å²) < 4.78 is 4.86. The molecule has 0 spiro atoms. The van der Waals surface area contributed by atoms with Crippen molar-refractivity contribution in [3.8, 4) is 22.5 Å². The minimum absolute atomic E-state index is 0.495. The van der Waals surface area contributed by atoms with Gasteiger partial charge in [-0.2, -0.15) is 0 Å². The molecule has 0 atom stereocenters. The molecular formula is C65H43N3. The highest BCUT2D eigenvalue weighted by molar-refractivity contribution is 6.12. The van der Waals surface area contributed by atoms with Gasteiger partial charge < -0.3 is 14.0 Å². The summed E-state index contributed by atoms with van der Waals surface area (Å²) in [6, 6.07) is 96.1. The number of aromatic nitrogens is 2. The molecule has 3 nitrogen and oxygen atoms in total. The fourth-order valence-electron chi connectivity index (χ4n) is 11.8. The van der Waals surface area contributed by atoms with Gasteiger partial charge in [-0.25, -0.2) is 0 Å². The first-order chi connectivity index (χ1) is 33.8. The van der Waals surface area contributed by atoms with Gasteiger partial charge in [-0.3, -0.25) is 0 Å². The monoisotopic (exact) mass is 865 g/mol. The lowest BCUT2D eigenvalue weighted by molar-refractivity contribution is 0.768. The van der Waals surface area contributed by atoms with E-state index >= 15 is 0 Å². The van der Waals surface area contributed by atoms with Gasteiger partial charge in [-0.15, -0.1) is 0 Å². The quantitative estimate of drug-likeness (QED) is 0.156. The number of para-hydroxylation sites is 4. The molecule has 2 aromatic heterocycles. The summed E-state index contributed by atoms with van der Waals surface area (Å²) in [6.45, 7) is 0. The fourth-order valence-corrected chi connectivity index (χ4v) is 11.8. The first kappa shape index (κ1) is 38.4. The van der Waals surface area contributed by atoms with E-state index < -0.39 is 5.41 Å². The molecule has 0 unspecified atom stereocenters. The second kappa shape index (κ2) is 15.1. The van der Waals surface area contributed by atoms with E-state index in [1.165, 1.54) is 82.4 Å². The van der Waals surface area contributed by atoms with Crippen molar-refractivity contribution in [2.45, 2.75) is 5.41 Å². The number of nitrogens with zero attached hydrogens (tertiary/aromatic N) is 3. The molecule has 14 rings (SSSR count). The van der Waals surface area contributed by atoms with Crippen molar-refractivity contribution in [2.24, 2.45) is 0 Å². The third kappa shape index (κ3) is 5.47. The lowest BCUT2D eigenvalue weighted by atomic mass is 9.68. The Bertz CT molecular complexity index is 3950. The van der Waals surface area contributed by atoms with Crippen molar-refractivity contribution in [3.05, 3.63) is 283 Å². The Balaban J connectivity index is 1.01. The molecule has 0 N–H and O–H groups in total. The van der Waals surface area contributed by atoms with Crippen LogP contribution in [-0.4, -0.2) is 9.13 Å². The van der Waals surface area contributed by atoms with E-state index in [9.17, 15) is 0 Å². The molecule has 0 fully saturated rings. The largest absolute Gasteiger partial charge is 0.310 e. The van der Waals surface area contributed by atoms with Crippen LogP contribution in [0.4, 0.5) is 17.1 Å². The van der Waals surface area contributed by atoms with Crippen molar-refractivity contribution in [3.63, 3.8) is 0 Å². The summed E-state index contributed by atoms with van der Waals surface area (Å²) in [7, 11) is 0. The average molecular weight is 866 g/mol. The third-order valence-electron chi connectivity index (χ3n) is 14.6. The predicted octanol–water partition coefficient (Wildman–Crippen LogP) is 16.9. The van der Waals surface area contributed by atoms with Gasteiger partial charge in [0.1, 0.15) is 0 Å². The molecule has 11 aromatic carbocycles. The molecule has 0 radical (unpaired) electrons. The molecule has 1 aliphatic carbocycles. The van der Waals surface area contributed by atoms with Crippen molar-refractivity contribution in [1.29, 1.82) is 0 Å². The SMILES string of the molecule is c1ccc(C2(c3ccc(N(c4cccc(-n5c6ccccc6c6ccccc65)c4)c4ccc(-n5c6ccccc6c6ccccc65)c5ccccc45)cc3)c3ccccc3-c3ccccc32)cc1. The first-order valence-electron chi connectivity index (χ1n) is 23.5. The van der Waals surface area contributed by atoms with Gasteiger partial charge in [0.25, 0.3) is 0 Å². The first-order valence-corrected chi connectivity index (χ1v) is 23.5. The molecule has 0 saturated carbocycles. The van der Waals surface area contributed by atoms with Crippen molar-refractivity contribution in [2.75, 3.05) is 4.90 Å². The van der Waals surface area contributed by atoms with Crippen LogP contribution in [0.15, 0.2) is 261 Å². The van der Waals surface area contributed by atoms with Crippen molar-refractivity contribution >= 4 is 71.4 Å². The van der Waals surface area contributed by atoms with E-state index in [4.69, 9.17) is 0 Å². The van der Waals surface area contributed by atoms with Gasteiger partial charge in [0.2, 0.25) is 0 Å². The molecule has 13 aromatic rings. The highest BCUT2D eigenvalue weighted by atomic mass is 15.1. The van der Waals surface area contributed by atoms with Crippen molar-refractivity contribution < 1.29 is 0 Å². The van der Waals surface area contributed by atoms with E-state index in [0.717, 1.165) is 33.8 Å². The number of hydrogen-bond donors (Lipinski definition) is 0. The van der Waals surface area contributed by atoms with Gasteiger partial charge in [0, 0.05) is 49.4 Å². The Labute approximate surface area is 394 Å². The molecule has 0 amide bonds. The number of anilines is 3. The maximum Gasteiger partial charge on any atom is 0.0713 e. The van der Waals surface area contributed by atoms with Crippen LogP contribution in [-0.2, 0) is 5.41 Å². The standard InChI is InChI=1S/C65H43N3/c1-2-19-44(20-3-1)65(57-31-12-6-23-49(57)50-24-7-13-32-58(50)65)45-37-39-46(40-38-45)66(47-21-18-22-48(43-47)67-59-33-14-8-27-51(59)52-28-9-15-34-60(52)67)63-41-42-64(56-26-5-4-25-55(56)63)68-61-35-16-10-29-53(61)54-30-11-17-36-62(54)68/h1-43H. The molecule has 0 aliphatic heterocycles. The maximum absolute atomic E-state index is 2.46. The molecule has 68 heavy (non-hydrogen) atoms. The van der Waals surface area contributed by atoms with Gasteiger partial charge in [0.05, 0.1) is 38.9 Å². The summed E-state index contributed by atoms with van der Waals surface area (Å²) in [5.74, 6) is 0. The zero-order chi connectivity index (χ0) is 44.8. The highest BCUT2D eigenvalue weighted by Crippen LogP contribution is 2.56. The van der Waals surface area contributed by atoms with Gasteiger partial charge >= 0.3 is 0 Å². The van der Waals surface area contributed by atoms with Gasteiger partial charge in [-0.05, 0) is 100 Å². The minimum Gasteiger partial charge on any atom is -0.310 e. The summed E-state index contributed by atoms with van der Waals surface area (Å²) in [6.07, 6.45) is 0. The molecular weight excluding hydrogens is 823 g/mol. The Morgan fingerprint density at radius 1 is 0.294 bits per heavy atom. The van der Waals surface area contributed by atoms with E-state index in [1.807, 2.05) is 0 Å². The third-order valence-corrected chi connectivity index (χ3v) is 14.6. The number of fused-ring (bicyclic) bond motifs is 10. The Hall–Kier alpha value is -8.92. The van der Waals surface area contributed by atoms with Crippen LogP contribution in [0.2, 0.25) is 0 Å². The van der Waals surface area contributed by atoms with E-state index in [1.54, 1.807) is 0 Å². The fraction of sp³-hybridized carbons (Fsp3) is 0.0154. The summed E-state index contributed by atoms with van der Waals surface area (Å²) in [4.78, 5) is 2.46. The lowest BCUT2D eigenvalue weighted by Crippen LogP contribution is -2.28. The smallest absolute Gasteiger partial charge is 0.0713 e. The predicted molar refractivity (Wildman–Crippen MR) is 285 cm³/mol. The summed E-state index contributed by atoms with van der Waals surface area (Å²) >= 11 is 0. The van der Waals surface area contributed by atoms with Crippen LogP contribution >= 0.6 is 0 Å². The van der Waals surface area contributed by atoms with E-state index in [-0.39, 0.29) is 0 Å². The molecule has 0 saturated heterocycles. The van der Waals surface area contributed by atoms with Gasteiger partial charge in [-0.1, -0.05) is 194 Å². The van der Waals surface area contributed by atoms with Gasteiger partial charge in [0.15, 0.2) is 0 Å². The molecule has 3 heteroatoms. The second-order valence-electron chi connectivity index (χ2n) is 18.0. The van der Waals surface area contributed by atoms with Crippen molar-refractivity contribution in [1.82, 2.24) is 9.13 Å². The second-order valence-corrected chi connectivity index (χ2v) is 18.0. The average Bonchev–Trinajstić information content (AvgIpc) is 4.04. The van der Waals surface area contributed by atoms with Crippen LogP contribution in [0.5, 0.6) is 0 Å². The van der Waals surface area contributed by atoms with Crippen LogP contribution in [0.1, 0.15) is 22.3 Å². The zero-order valence-electron chi connectivity index (χ0n) is 37.2. The number of hydrogen-bond acceptors (Lipinski definition) is 1. The minimum atomic E-state index is -0.495. The Kier molecular flexibility index (Phi) is 8.50. The van der Waals surface area contributed by atoms with Crippen LogP contribution in [0, 0.1) is 0 Å². The summed E-state index contributed by atoms with van der Waals surface area (Å²) in [5.41, 5.74) is 17.5. The summed E-state index contributed by atoms with van der Waals surface area (Å²) in [5, 5.41) is 7.34. The molecule has 318 valence electrons. The topological polar surface area (TPSA) is 13.1 Å². The molecule has 0 bridgehead atoms. The van der Waals surface area contributed by atoms with Crippen LogP contribution in [0.3, 0.4) is 0 Å².